The van der Waals surface area contributed by atoms with E-state index in [1.165, 1.54) is 0 Å². The second-order valence-corrected chi connectivity index (χ2v) is 5.37. The van der Waals surface area contributed by atoms with Gasteiger partial charge >= 0.3 is 0 Å². The third kappa shape index (κ3) is 4.79. The monoisotopic (exact) mass is 291 g/mol. The maximum atomic E-state index is 5.91. The summed E-state index contributed by atoms with van der Waals surface area (Å²) in [6, 6.07) is 7.20. The van der Waals surface area contributed by atoms with Gasteiger partial charge in [-0.1, -0.05) is 31.5 Å². The van der Waals surface area contributed by atoms with Crippen LogP contribution in [0.15, 0.2) is 36.7 Å². The Balaban J connectivity index is 1.99. The molecule has 0 saturated carbocycles. The molecule has 0 fully saturated rings. The van der Waals surface area contributed by atoms with E-state index in [0.717, 1.165) is 12.2 Å². The first-order valence-corrected chi connectivity index (χ1v) is 6.96. The van der Waals surface area contributed by atoms with Crippen LogP contribution in [0.3, 0.4) is 0 Å². The van der Waals surface area contributed by atoms with Gasteiger partial charge in [0.05, 0.1) is 11.9 Å². The number of ether oxygens (including phenoxy) is 1. The van der Waals surface area contributed by atoms with Gasteiger partial charge in [0.2, 0.25) is 5.88 Å². The lowest BCUT2D eigenvalue weighted by Gasteiger charge is -2.08. The number of benzene rings is 1. The third-order valence-electron chi connectivity index (χ3n) is 2.54. The minimum atomic E-state index is 0.469. The fourth-order valence-corrected chi connectivity index (χ4v) is 1.84. The largest absolute Gasteiger partial charge is 0.437 e. The molecule has 0 unspecified atom stereocenters. The molecule has 2 rings (SSSR count). The van der Waals surface area contributed by atoms with Crippen molar-refractivity contribution in [2.75, 3.05) is 6.54 Å². The average molecular weight is 292 g/mol. The van der Waals surface area contributed by atoms with Gasteiger partial charge < -0.3 is 10.1 Å². The number of hydrogen-bond donors (Lipinski definition) is 1. The average Bonchev–Trinajstić information content (AvgIpc) is 2.39. The third-order valence-corrected chi connectivity index (χ3v) is 2.77. The van der Waals surface area contributed by atoms with Crippen LogP contribution in [0.1, 0.15) is 19.5 Å². The Morgan fingerprint density at radius 3 is 2.90 bits per heavy atom. The Kier molecular flexibility index (Phi) is 5.32. The van der Waals surface area contributed by atoms with Gasteiger partial charge in [0.1, 0.15) is 5.75 Å². The van der Waals surface area contributed by atoms with Gasteiger partial charge in [0, 0.05) is 17.8 Å². The van der Waals surface area contributed by atoms with Crippen molar-refractivity contribution in [3.8, 4) is 11.6 Å². The van der Waals surface area contributed by atoms with Crippen LogP contribution in [-0.4, -0.2) is 16.5 Å². The molecular formula is C15H18ClN3O. The molecule has 0 aliphatic carbocycles. The maximum absolute atomic E-state index is 5.91. The van der Waals surface area contributed by atoms with Crippen molar-refractivity contribution in [3.63, 3.8) is 0 Å². The van der Waals surface area contributed by atoms with Crippen molar-refractivity contribution in [2.45, 2.75) is 20.4 Å². The molecule has 1 aromatic heterocycles. The smallest absolute Gasteiger partial charge is 0.238 e. The molecule has 0 atom stereocenters. The molecule has 0 aliphatic heterocycles. The van der Waals surface area contributed by atoms with E-state index >= 15 is 0 Å². The number of halogens is 1. The SMILES string of the molecule is CC(C)CNCc1cncc(Oc2cccc(Cl)c2)n1. The fraction of sp³-hybridized carbons (Fsp3) is 0.333. The highest BCUT2D eigenvalue weighted by atomic mass is 35.5. The number of nitrogens with one attached hydrogen (secondary N) is 1. The van der Waals surface area contributed by atoms with Crippen LogP contribution in [-0.2, 0) is 6.54 Å². The van der Waals surface area contributed by atoms with E-state index in [1.54, 1.807) is 24.5 Å². The van der Waals surface area contributed by atoms with E-state index < -0.39 is 0 Å². The van der Waals surface area contributed by atoms with Crippen LogP contribution in [0, 0.1) is 5.92 Å². The number of rotatable bonds is 6. The van der Waals surface area contributed by atoms with E-state index in [4.69, 9.17) is 16.3 Å². The quantitative estimate of drug-likeness (QED) is 0.882. The molecule has 4 nitrogen and oxygen atoms in total. The first-order valence-electron chi connectivity index (χ1n) is 6.58. The topological polar surface area (TPSA) is 47.0 Å². The van der Waals surface area contributed by atoms with E-state index in [2.05, 4.69) is 29.1 Å². The van der Waals surface area contributed by atoms with Crippen molar-refractivity contribution in [1.82, 2.24) is 15.3 Å². The van der Waals surface area contributed by atoms with Gasteiger partial charge in [0.15, 0.2) is 0 Å². The second-order valence-electron chi connectivity index (χ2n) is 4.93. The molecule has 5 heteroatoms. The summed E-state index contributed by atoms with van der Waals surface area (Å²) in [6.45, 7) is 5.95. The summed E-state index contributed by atoms with van der Waals surface area (Å²) >= 11 is 5.91. The summed E-state index contributed by atoms with van der Waals surface area (Å²) in [5.74, 6) is 1.73. The Hall–Kier alpha value is -1.65. The molecule has 20 heavy (non-hydrogen) atoms. The van der Waals surface area contributed by atoms with Crippen LogP contribution in [0.2, 0.25) is 5.02 Å². The summed E-state index contributed by atoms with van der Waals surface area (Å²) in [5, 5.41) is 3.95. The van der Waals surface area contributed by atoms with E-state index in [-0.39, 0.29) is 0 Å². The van der Waals surface area contributed by atoms with Crippen LogP contribution < -0.4 is 10.1 Å². The Labute approximate surface area is 124 Å². The van der Waals surface area contributed by atoms with E-state index in [0.29, 0.717) is 29.1 Å². The number of aromatic nitrogens is 2. The summed E-state index contributed by atoms with van der Waals surface area (Å²) in [7, 11) is 0. The summed E-state index contributed by atoms with van der Waals surface area (Å²) in [5.41, 5.74) is 0.852. The molecule has 2 aromatic rings. The van der Waals surface area contributed by atoms with Gasteiger partial charge in [0.25, 0.3) is 0 Å². The molecule has 0 radical (unpaired) electrons. The summed E-state index contributed by atoms with van der Waals surface area (Å²) < 4.78 is 5.64. The van der Waals surface area contributed by atoms with Gasteiger partial charge in [-0.25, -0.2) is 4.98 Å². The highest BCUT2D eigenvalue weighted by Gasteiger charge is 2.03. The van der Waals surface area contributed by atoms with Crippen LogP contribution in [0.5, 0.6) is 11.6 Å². The predicted octanol–water partition coefficient (Wildman–Crippen LogP) is 3.67. The van der Waals surface area contributed by atoms with E-state index in [1.807, 2.05) is 12.1 Å². The van der Waals surface area contributed by atoms with Crippen molar-refractivity contribution in [2.24, 2.45) is 5.92 Å². The van der Waals surface area contributed by atoms with Gasteiger partial charge in [-0.15, -0.1) is 0 Å². The Morgan fingerprint density at radius 1 is 1.30 bits per heavy atom. The zero-order valence-electron chi connectivity index (χ0n) is 11.6. The Bertz CT molecular complexity index is 560. The van der Waals surface area contributed by atoms with Crippen LogP contribution in [0.4, 0.5) is 0 Å². The van der Waals surface area contributed by atoms with E-state index in [9.17, 15) is 0 Å². The highest BCUT2D eigenvalue weighted by Crippen LogP contribution is 2.22. The first kappa shape index (κ1) is 14.8. The second kappa shape index (κ2) is 7.22. The van der Waals surface area contributed by atoms with Crippen LogP contribution in [0.25, 0.3) is 0 Å². The minimum absolute atomic E-state index is 0.469. The van der Waals surface area contributed by atoms with Gasteiger partial charge in [-0.05, 0) is 30.7 Å². The van der Waals surface area contributed by atoms with Crippen molar-refractivity contribution in [1.29, 1.82) is 0 Å². The summed E-state index contributed by atoms with van der Waals surface area (Å²) in [4.78, 5) is 8.54. The zero-order chi connectivity index (χ0) is 14.4. The molecule has 0 amide bonds. The lowest BCUT2D eigenvalue weighted by Crippen LogP contribution is -2.19. The summed E-state index contributed by atoms with van der Waals surface area (Å²) in [6.07, 6.45) is 3.32. The molecule has 0 spiro atoms. The predicted molar refractivity (Wildman–Crippen MR) is 80.1 cm³/mol. The highest BCUT2D eigenvalue weighted by molar-refractivity contribution is 6.30. The molecule has 1 N–H and O–H groups in total. The van der Waals surface area contributed by atoms with Crippen molar-refractivity contribution in [3.05, 3.63) is 47.4 Å². The normalized spacial score (nSPS) is 10.8. The fourth-order valence-electron chi connectivity index (χ4n) is 1.66. The van der Waals surface area contributed by atoms with Crippen LogP contribution >= 0.6 is 11.6 Å². The van der Waals surface area contributed by atoms with Gasteiger partial charge in [-0.3, -0.25) is 4.98 Å². The van der Waals surface area contributed by atoms with Gasteiger partial charge in [-0.2, -0.15) is 0 Å². The number of hydrogen-bond acceptors (Lipinski definition) is 4. The lowest BCUT2D eigenvalue weighted by atomic mass is 10.2. The standard InChI is InChI=1S/C15H18ClN3O/c1-11(2)7-17-8-13-9-18-10-15(19-13)20-14-5-3-4-12(16)6-14/h3-6,9-11,17H,7-8H2,1-2H3. The molecule has 106 valence electrons. The lowest BCUT2D eigenvalue weighted by molar-refractivity contribution is 0.455. The zero-order valence-corrected chi connectivity index (χ0v) is 12.4. The van der Waals surface area contributed by atoms with Crippen molar-refractivity contribution >= 4 is 11.6 Å². The van der Waals surface area contributed by atoms with Crippen molar-refractivity contribution < 1.29 is 4.74 Å². The molecule has 1 aromatic carbocycles. The molecule has 0 aliphatic rings. The molecule has 0 saturated heterocycles. The maximum Gasteiger partial charge on any atom is 0.238 e. The molecule has 0 bridgehead atoms. The minimum Gasteiger partial charge on any atom is -0.437 e. The first-order chi connectivity index (χ1) is 9.63. The number of nitrogens with zero attached hydrogens (tertiary/aromatic N) is 2. The molecular weight excluding hydrogens is 274 g/mol. The Morgan fingerprint density at radius 2 is 2.15 bits per heavy atom. The molecule has 1 heterocycles.